The van der Waals surface area contributed by atoms with E-state index in [1.807, 2.05) is 88.5 Å². The molecule has 4 aromatic rings. The number of carbonyl (C=O) groups excluding carboxylic acids is 1. The molecule has 0 spiro atoms. The van der Waals surface area contributed by atoms with Crippen molar-refractivity contribution in [3.63, 3.8) is 0 Å². The lowest BCUT2D eigenvalue weighted by Gasteiger charge is -2.04. The Kier molecular flexibility index (Phi) is 7.86. The van der Waals surface area contributed by atoms with Crippen LogP contribution in [0.3, 0.4) is 0 Å². The topological polar surface area (TPSA) is 83.4 Å². The van der Waals surface area contributed by atoms with Gasteiger partial charge in [0.15, 0.2) is 0 Å². The highest BCUT2D eigenvalue weighted by molar-refractivity contribution is 5.98. The minimum absolute atomic E-state index is 0.134. The van der Waals surface area contributed by atoms with Crippen molar-refractivity contribution >= 4 is 22.6 Å². The second-order valence-corrected chi connectivity index (χ2v) is 6.20. The van der Waals surface area contributed by atoms with Crippen LogP contribution in [0.1, 0.15) is 49.4 Å². The van der Waals surface area contributed by atoms with E-state index in [2.05, 4.69) is 15.2 Å². The number of aryl methyl sites for hydroxylation is 1. The third-order valence-corrected chi connectivity index (χ3v) is 4.44. The Morgan fingerprint density at radius 3 is 2.23 bits per heavy atom. The fourth-order valence-electron chi connectivity index (χ4n) is 3.16. The number of hydrogen-bond acceptors (Lipinski definition) is 4. The third-order valence-electron chi connectivity index (χ3n) is 4.44. The lowest BCUT2D eigenvalue weighted by atomic mass is 10.1. The zero-order valence-corrected chi connectivity index (χ0v) is 18.4. The van der Waals surface area contributed by atoms with Crippen molar-refractivity contribution in [3.8, 4) is 0 Å². The van der Waals surface area contributed by atoms with Gasteiger partial charge in [0.05, 0.1) is 10.9 Å². The summed E-state index contributed by atoms with van der Waals surface area (Å²) in [7, 11) is 1.82. The number of fused-ring (bicyclic) bond motifs is 4. The summed E-state index contributed by atoms with van der Waals surface area (Å²) in [5.74, 6) is 1.38. The van der Waals surface area contributed by atoms with Gasteiger partial charge in [0.1, 0.15) is 5.82 Å². The van der Waals surface area contributed by atoms with E-state index in [0.29, 0.717) is 11.2 Å². The van der Waals surface area contributed by atoms with Crippen LogP contribution in [-0.2, 0) is 6.54 Å². The van der Waals surface area contributed by atoms with Crippen molar-refractivity contribution in [3.05, 3.63) is 75.8 Å². The molecule has 3 heterocycles. The fourth-order valence-corrected chi connectivity index (χ4v) is 3.16. The Labute approximate surface area is 176 Å². The molecule has 7 heteroatoms. The van der Waals surface area contributed by atoms with E-state index in [9.17, 15) is 9.59 Å². The number of amides is 1. The summed E-state index contributed by atoms with van der Waals surface area (Å²) >= 11 is 0. The van der Waals surface area contributed by atoms with Crippen molar-refractivity contribution in [2.24, 2.45) is 0 Å². The second kappa shape index (κ2) is 10.3. The second-order valence-electron chi connectivity index (χ2n) is 6.20. The SMILES string of the molecule is CC.CC.CN1Cc2ccccc2C1=O.Cc1nnc2[nH]c(=O)c3ccccc3n12. The Morgan fingerprint density at radius 2 is 1.53 bits per heavy atom. The molecular weight excluding hydrogens is 378 g/mol. The molecule has 1 aliphatic heterocycles. The average Bonchev–Trinajstić information content (AvgIpc) is 3.31. The molecule has 7 nitrogen and oxygen atoms in total. The summed E-state index contributed by atoms with van der Waals surface area (Å²) in [6.45, 7) is 10.6. The van der Waals surface area contributed by atoms with Gasteiger partial charge in [-0.15, -0.1) is 10.2 Å². The molecule has 1 N–H and O–H groups in total. The quantitative estimate of drug-likeness (QED) is 0.473. The van der Waals surface area contributed by atoms with Gasteiger partial charge >= 0.3 is 0 Å². The lowest BCUT2D eigenvalue weighted by Crippen LogP contribution is -2.17. The number of nitrogens with zero attached hydrogens (tertiary/aromatic N) is 4. The summed E-state index contributed by atoms with van der Waals surface area (Å²) < 4.78 is 1.83. The van der Waals surface area contributed by atoms with Crippen LogP contribution in [0.4, 0.5) is 0 Å². The number of benzene rings is 2. The number of rotatable bonds is 0. The number of para-hydroxylation sites is 1. The molecular formula is C23H29N5O2. The maximum Gasteiger partial charge on any atom is 0.260 e. The van der Waals surface area contributed by atoms with Gasteiger partial charge < -0.3 is 4.90 Å². The Morgan fingerprint density at radius 1 is 0.900 bits per heavy atom. The number of carbonyl (C=O) groups is 1. The Bertz CT molecular complexity index is 1190. The molecule has 5 rings (SSSR count). The molecule has 1 amide bonds. The summed E-state index contributed by atoms with van der Waals surface area (Å²) in [4.78, 5) is 27.4. The first kappa shape index (κ1) is 22.8. The molecule has 0 atom stereocenters. The van der Waals surface area contributed by atoms with Crippen molar-refractivity contribution in [1.29, 1.82) is 0 Å². The molecule has 0 bridgehead atoms. The number of H-pyrrole nitrogens is 1. The largest absolute Gasteiger partial charge is 0.337 e. The van der Waals surface area contributed by atoms with Crippen molar-refractivity contribution in [2.75, 3.05) is 7.05 Å². The van der Waals surface area contributed by atoms with E-state index >= 15 is 0 Å². The van der Waals surface area contributed by atoms with E-state index in [4.69, 9.17) is 0 Å². The third kappa shape index (κ3) is 4.40. The maximum absolute atomic E-state index is 11.7. The zero-order valence-electron chi connectivity index (χ0n) is 18.4. The Balaban J connectivity index is 0.000000190. The fraction of sp³-hybridized carbons (Fsp3) is 0.304. The molecule has 2 aromatic carbocycles. The number of nitrogens with one attached hydrogen (secondary N) is 1. The van der Waals surface area contributed by atoms with Crippen LogP contribution in [-0.4, -0.2) is 37.4 Å². The van der Waals surface area contributed by atoms with Gasteiger partial charge in [-0.05, 0) is 30.7 Å². The van der Waals surface area contributed by atoms with Crippen molar-refractivity contribution in [2.45, 2.75) is 41.2 Å². The number of aromatic amines is 1. The van der Waals surface area contributed by atoms with Crippen LogP contribution in [0, 0.1) is 6.92 Å². The lowest BCUT2D eigenvalue weighted by molar-refractivity contribution is 0.0816. The van der Waals surface area contributed by atoms with Gasteiger partial charge in [-0.25, -0.2) is 0 Å². The highest BCUT2D eigenvalue weighted by Crippen LogP contribution is 2.20. The molecule has 158 valence electrons. The number of aromatic nitrogens is 4. The van der Waals surface area contributed by atoms with E-state index in [1.54, 1.807) is 11.0 Å². The summed E-state index contributed by atoms with van der Waals surface area (Å²) in [5, 5.41) is 8.46. The van der Waals surface area contributed by atoms with Gasteiger partial charge in [-0.3, -0.25) is 19.0 Å². The Hall–Kier alpha value is -3.48. The molecule has 30 heavy (non-hydrogen) atoms. The van der Waals surface area contributed by atoms with Crippen LogP contribution >= 0.6 is 0 Å². The van der Waals surface area contributed by atoms with Crippen LogP contribution in [0.25, 0.3) is 16.7 Å². The monoisotopic (exact) mass is 407 g/mol. The first-order valence-electron chi connectivity index (χ1n) is 10.2. The van der Waals surface area contributed by atoms with Crippen LogP contribution < -0.4 is 5.56 Å². The van der Waals surface area contributed by atoms with Crippen LogP contribution in [0.5, 0.6) is 0 Å². The predicted octanol–water partition coefficient (Wildman–Crippen LogP) is 4.20. The minimum Gasteiger partial charge on any atom is -0.337 e. The normalized spacial score (nSPS) is 11.7. The van der Waals surface area contributed by atoms with Crippen LogP contribution in [0.2, 0.25) is 0 Å². The van der Waals surface area contributed by atoms with E-state index < -0.39 is 0 Å². The molecule has 0 saturated heterocycles. The summed E-state index contributed by atoms with van der Waals surface area (Å²) in [5.41, 5.74) is 2.69. The molecule has 0 fully saturated rings. The first-order valence-corrected chi connectivity index (χ1v) is 10.2. The van der Waals surface area contributed by atoms with E-state index in [-0.39, 0.29) is 11.5 Å². The molecule has 1 aliphatic rings. The highest BCUT2D eigenvalue weighted by Gasteiger charge is 2.22. The van der Waals surface area contributed by atoms with E-state index in [1.165, 1.54) is 0 Å². The highest BCUT2D eigenvalue weighted by atomic mass is 16.2. The average molecular weight is 408 g/mol. The first-order chi connectivity index (χ1) is 14.6. The summed E-state index contributed by atoms with van der Waals surface area (Å²) in [6.07, 6.45) is 0. The zero-order chi connectivity index (χ0) is 22.3. The van der Waals surface area contributed by atoms with Crippen molar-refractivity contribution < 1.29 is 4.79 Å². The smallest absolute Gasteiger partial charge is 0.260 e. The van der Waals surface area contributed by atoms with Gasteiger partial charge in [-0.2, -0.15) is 0 Å². The molecule has 0 saturated carbocycles. The van der Waals surface area contributed by atoms with Crippen molar-refractivity contribution in [1.82, 2.24) is 24.5 Å². The molecule has 0 aliphatic carbocycles. The number of hydrogen-bond donors (Lipinski definition) is 1. The predicted molar refractivity (Wildman–Crippen MR) is 121 cm³/mol. The van der Waals surface area contributed by atoms with Gasteiger partial charge in [0, 0.05) is 19.2 Å². The summed E-state index contributed by atoms with van der Waals surface area (Å²) in [6, 6.07) is 15.1. The van der Waals surface area contributed by atoms with Gasteiger partial charge in [-0.1, -0.05) is 58.0 Å². The maximum atomic E-state index is 11.7. The van der Waals surface area contributed by atoms with Crippen LogP contribution in [0.15, 0.2) is 53.3 Å². The molecule has 0 radical (unpaired) electrons. The van der Waals surface area contributed by atoms with Gasteiger partial charge in [0.25, 0.3) is 11.5 Å². The molecule has 2 aromatic heterocycles. The van der Waals surface area contributed by atoms with E-state index in [0.717, 1.165) is 29.0 Å². The van der Waals surface area contributed by atoms with Gasteiger partial charge in [0.2, 0.25) is 5.78 Å². The molecule has 0 unspecified atom stereocenters. The standard InChI is InChI=1S/C10H8N4O.C9H9NO.2C2H6/c1-6-12-13-10-11-9(15)7-4-2-3-5-8(7)14(6)10;1-10-6-7-4-2-3-5-8(7)9(10)11;2*1-2/h2-5H,1H3,(H,11,13,15);2-5H,6H2,1H3;2*1-2H3. The minimum atomic E-state index is -0.134.